The molecule has 1 aromatic carbocycles. The highest BCUT2D eigenvalue weighted by molar-refractivity contribution is 7.14. The van der Waals surface area contributed by atoms with Gasteiger partial charge < -0.3 is 43.8 Å². The molecule has 352 valence electrons. The number of esters is 1. The van der Waals surface area contributed by atoms with Gasteiger partial charge in [0, 0.05) is 30.9 Å². The van der Waals surface area contributed by atoms with Crippen LogP contribution >= 0.6 is 11.3 Å². The van der Waals surface area contributed by atoms with Crippen LogP contribution in [0, 0.1) is 5.92 Å². The Hall–Kier alpha value is -5.92. The molecule has 2 unspecified atom stereocenters. The van der Waals surface area contributed by atoms with E-state index in [1.54, 1.807) is 58.6 Å². The van der Waals surface area contributed by atoms with Crippen LogP contribution in [-0.2, 0) is 46.5 Å². The highest BCUT2D eigenvalue weighted by Gasteiger charge is 2.34. The van der Waals surface area contributed by atoms with Gasteiger partial charge in [0.2, 0.25) is 11.9 Å². The summed E-state index contributed by atoms with van der Waals surface area (Å²) in [5, 5.41) is 20.4. The van der Waals surface area contributed by atoms with Gasteiger partial charge in [0.15, 0.2) is 11.7 Å². The first-order valence-electron chi connectivity index (χ1n) is 21.1. The first-order chi connectivity index (χ1) is 29.6. The molecule has 1 saturated heterocycles. The molecule has 3 aromatic rings. The SMILES string of the molecule is CC(C)(C)OC(=O)NCCCn1cc(-c2ccc(OCC(O/N=C(\C(=O)O)c3csc(NC(=O)OC(C)(C)C)n3)C(=O)OC(C)(C)C)cc2)c[n+]1CC1CCN(C(=O)OC(C)(C)C)C1. The van der Waals surface area contributed by atoms with Crippen LogP contribution in [0.2, 0.25) is 0 Å². The first-order valence-corrected chi connectivity index (χ1v) is 21.9. The summed E-state index contributed by atoms with van der Waals surface area (Å²) in [6, 6.07) is 7.17. The quantitative estimate of drug-likeness (QED) is 0.0329. The number of hydrogen-bond donors (Lipinski definition) is 3. The molecule has 0 radical (unpaired) electrons. The number of carboxylic acid groups (broad SMARTS) is 1. The fourth-order valence-electron chi connectivity index (χ4n) is 6.05. The molecule has 64 heavy (non-hydrogen) atoms. The average molecular weight is 915 g/mol. The first kappa shape index (κ1) is 50.7. The van der Waals surface area contributed by atoms with E-state index < -0.39 is 58.3 Å². The number of oxime groups is 1. The monoisotopic (exact) mass is 914 g/mol. The van der Waals surface area contributed by atoms with Crippen LogP contribution < -0.4 is 20.1 Å². The number of amides is 3. The average Bonchev–Trinajstić information content (AvgIpc) is 3.90. The largest absolute Gasteiger partial charge is 0.489 e. The Balaban J connectivity index is 1.49. The van der Waals surface area contributed by atoms with Gasteiger partial charge in [-0.1, -0.05) is 17.3 Å². The molecule has 19 nitrogen and oxygen atoms in total. The van der Waals surface area contributed by atoms with Gasteiger partial charge in [0.1, 0.15) is 40.5 Å². The lowest BCUT2D eigenvalue weighted by molar-refractivity contribution is -0.780. The standard InChI is InChI=1S/C44H63N7O12S/c1-41(2,3)59-36(54)33(63-48-34(35(52)53)32-27-64-37(46-32)47-39(56)61-43(7,8)9)26-58-31-16-14-29(15-17-31)30-24-50(20-13-19-45-38(55)60-42(4,5)6)51(25-30)23-28-18-21-49(22-28)40(57)62-44(10,11)12/h14-17,24-25,27-28,33H,13,18-23,26H2,1-12H3,(H2-,45,46,47,52,53,55,56)/p+1/b48-34-. The molecule has 1 fully saturated rings. The van der Waals surface area contributed by atoms with Gasteiger partial charge in [-0.3, -0.25) is 5.32 Å². The van der Waals surface area contributed by atoms with E-state index in [-0.39, 0.29) is 29.4 Å². The van der Waals surface area contributed by atoms with Gasteiger partial charge in [-0.2, -0.15) is 4.68 Å². The molecule has 0 spiro atoms. The normalized spacial score (nSPS) is 15.2. The number of nitrogens with zero attached hydrogens (tertiary/aromatic N) is 5. The highest BCUT2D eigenvalue weighted by Crippen LogP contribution is 2.25. The van der Waals surface area contributed by atoms with Gasteiger partial charge in [-0.05, 0) is 114 Å². The summed E-state index contributed by atoms with van der Waals surface area (Å²) in [5.41, 5.74) is -1.84. The smallest absolute Gasteiger partial charge is 0.413 e. The van der Waals surface area contributed by atoms with Crippen molar-refractivity contribution in [1.29, 1.82) is 0 Å². The summed E-state index contributed by atoms with van der Waals surface area (Å²) < 4.78 is 31.9. The number of carbonyl (C=O) groups is 5. The summed E-state index contributed by atoms with van der Waals surface area (Å²) in [4.78, 5) is 74.1. The number of thiazole rings is 1. The van der Waals surface area contributed by atoms with Gasteiger partial charge >= 0.3 is 30.2 Å². The van der Waals surface area contributed by atoms with E-state index in [4.69, 9.17) is 28.5 Å². The molecule has 4 rings (SSSR count). The van der Waals surface area contributed by atoms with Crippen molar-refractivity contribution in [3.63, 3.8) is 0 Å². The number of rotatable bonds is 16. The van der Waals surface area contributed by atoms with Gasteiger partial charge in [-0.15, -0.1) is 16.0 Å². The minimum atomic E-state index is -1.49. The molecular weight excluding hydrogens is 851 g/mol. The topological polar surface area (TPSA) is 222 Å². The zero-order valence-corrected chi connectivity index (χ0v) is 39.8. The Kier molecular flexibility index (Phi) is 16.8. The highest BCUT2D eigenvalue weighted by atomic mass is 32.1. The lowest BCUT2D eigenvalue weighted by Crippen LogP contribution is -2.46. The Labute approximate surface area is 378 Å². The number of aliphatic carboxylic acids is 1. The second-order valence-corrected chi connectivity index (χ2v) is 20.1. The number of carbonyl (C=O) groups excluding carboxylic acids is 4. The van der Waals surface area contributed by atoms with Crippen molar-refractivity contribution in [3.05, 3.63) is 47.7 Å². The Morgan fingerprint density at radius 2 is 1.50 bits per heavy atom. The lowest BCUT2D eigenvalue weighted by atomic mass is 10.1. The van der Waals surface area contributed by atoms with E-state index in [0.29, 0.717) is 44.9 Å². The second-order valence-electron chi connectivity index (χ2n) is 19.2. The fraction of sp³-hybridized carbons (Fsp3) is 0.591. The molecule has 0 bridgehead atoms. The van der Waals surface area contributed by atoms with Crippen molar-refractivity contribution in [1.82, 2.24) is 19.9 Å². The van der Waals surface area contributed by atoms with Crippen molar-refractivity contribution < 1.29 is 62.3 Å². The molecule has 20 heteroatoms. The number of likely N-dealkylation sites (tertiary alicyclic amines) is 1. The number of ether oxygens (including phenoxy) is 5. The molecular formula is C44H64N7O12S+. The number of carboxylic acids is 1. The zero-order valence-electron chi connectivity index (χ0n) is 38.9. The van der Waals surface area contributed by atoms with Crippen LogP contribution in [0.5, 0.6) is 5.75 Å². The van der Waals surface area contributed by atoms with E-state index in [9.17, 15) is 29.1 Å². The van der Waals surface area contributed by atoms with Gasteiger partial charge in [0.05, 0.1) is 18.3 Å². The Morgan fingerprint density at radius 3 is 2.11 bits per heavy atom. The maximum atomic E-state index is 13.2. The van der Waals surface area contributed by atoms with E-state index in [0.717, 1.165) is 28.9 Å². The van der Waals surface area contributed by atoms with Crippen LogP contribution in [0.15, 0.2) is 47.2 Å². The number of hydrogen-bond acceptors (Lipinski definition) is 14. The summed E-state index contributed by atoms with van der Waals surface area (Å²) in [5.74, 6) is -1.76. The van der Waals surface area contributed by atoms with Crippen LogP contribution in [0.25, 0.3) is 11.1 Å². The summed E-state index contributed by atoms with van der Waals surface area (Å²) in [6.45, 7) is 23.5. The molecule has 0 saturated carbocycles. The predicted octanol–water partition coefficient (Wildman–Crippen LogP) is 7.01. The molecule has 3 N–H and O–H groups in total. The van der Waals surface area contributed by atoms with Crippen molar-refractivity contribution in [2.45, 2.75) is 138 Å². The fourth-order valence-corrected chi connectivity index (χ4v) is 6.73. The molecule has 2 atom stereocenters. The lowest BCUT2D eigenvalue weighted by Gasteiger charge is -2.24. The van der Waals surface area contributed by atoms with E-state index in [1.807, 2.05) is 66.1 Å². The van der Waals surface area contributed by atoms with Crippen molar-refractivity contribution in [2.75, 3.05) is 31.6 Å². The third-order valence-electron chi connectivity index (χ3n) is 8.61. The van der Waals surface area contributed by atoms with Crippen molar-refractivity contribution >= 4 is 52.4 Å². The summed E-state index contributed by atoms with van der Waals surface area (Å²) in [6.07, 6.45) is 2.44. The number of anilines is 1. The molecule has 3 heterocycles. The minimum Gasteiger partial charge on any atom is -0.489 e. The second kappa shape index (κ2) is 21.2. The van der Waals surface area contributed by atoms with Gasteiger partial charge in [-0.25, -0.2) is 29.0 Å². The number of aryl methyl sites for hydroxylation is 1. The third kappa shape index (κ3) is 17.3. The maximum Gasteiger partial charge on any atom is 0.413 e. The van der Waals surface area contributed by atoms with Crippen LogP contribution in [0.4, 0.5) is 19.5 Å². The van der Waals surface area contributed by atoms with E-state index in [1.165, 1.54) is 5.38 Å². The minimum absolute atomic E-state index is 0.0631. The number of nitrogens with one attached hydrogen (secondary N) is 2. The predicted molar refractivity (Wildman–Crippen MR) is 237 cm³/mol. The molecule has 1 aliphatic rings. The maximum absolute atomic E-state index is 13.2. The van der Waals surface area contributed by atoms with Crippen molar-refractivity contribution in [3.8, 4) is 16.9 Å². The number of benzene rings is 1. The zero-order chi connectivity index (χ0) is 47.6. The van der Waals surface area contributed by atoms with Crippen LogP contribution in [-0.4, -0.2) is 110 Å². The van der Waals surface area contributed by atoms with E-state index >= 15 is 0 Å². The summed E-state index contributed by atoms with van der Waals surface area (Å²) >= 11 is 0.946. The third-order valence-corrected chi connectivity index (χ3v) is 9.37. The molecule has 2 aromatic heterocycles. The Morgan fingerprint density at radius 1 is 0.875 bits per heavy atom. The van der Waals surface area contributed by atoms with Crippen LogP contribution in [0.1, 0.15) is 102 Å². The number of alkyl carbamates (subject to hydrolysis) is 1. The molecule has 0 aliphatic carbocycles. The van der Waals surface area contributed by atoms with Crippen molar-refractivity contribution in [2.24, 2.45) is 11.1 Å². The van der Waals surface area contributed by atoms with E-state index in [2.05, 4.69) is 30.1 Å². The summed E-state index contributed by atoms with van der Waals surface area (Å²) in [7, 11) is 0. The Bertz CT molecular complexity index is 2120. The van der Waals surface area contributed by atoms with Crippen LogP contribution in [0.3, 0.4) is 0 Å². The molecule has 3 amide bonds. The van der Waals surface area contributed by atoms with Gasteiger partial charge in [0.25, 0.3) is 6.10 Å². The molecule has 1 aliphatic heterocycles. The number of aromatic nitrogens is 3.